The maximum absolute atomic E-state index is 4.32. The standard InChI is InChI=1S/C14H22N6S/c1-11-7-17-13(21-11)9-18-14(15-2)16-6-4-5-12-8-19-20(3)10-12/h7-8,10H,4-6,9H2,1-3H3,(H2,15,16,18). The number of hydrogen-bond acceptors (Lipinski definition) is 4. The predicted octanol–water partition coefficient (Wildman–Crippen LogP) is 1.48. The van der Waals surface area contributed by atoms with Crippen LogP contribution in [0.15, 0.2) is 23.6 Å². The second-order valence-electron chi connectivity index (χ2n) is 4.84. The Bertz CT molecular complexity index is 586. The van der Waals surface area contributed by atoms with Gasteiger partial charge < -0.3 is 10.6 Å². The lowest BCUT2D eigenvalue weighted by molar-refractivity contribution is 0.738. The smallest absolute Gasteiger partial charge is 0.191 e. The van der Waals surface area contributed by atoms with Gasteiger partial charge in [0.1, 0.15) is 5.01 Å². The Kier molecular flexibility index (Phi) is 5.74. The number of rotatable bonds is 6. The van der Waals surface area contributed by atoms with Gasteiger partial charge in [-0.25, -0.2) is 4.98 Å². The number of aromatic nitrogens is 3. The van der Waals surface area contributed by atoms with Gasteiger partial charge in [-0.3, -0.25) is 9.67 Å². The molecule has 2 heterocycles. The van der Waals surface area contributed by atoms with Crippen molar-refractivity contribution in [3.05, 3.63) is 34.0 Å². The summed E-state index contributed by atoms with van der Waals surface area (Å²) < 4.78 is 1.83. The van der Waals surface area contributed by atoms with Gasteiger partial charge in [0.2, 0.25) is 0 Å². The van der Waals surface area contributed by atoms with E-state index < -0.39 is 0 Å². The van der Waals surface area contributed by atoms with Crippen molar-refractivity contribution in [2.45, 2.75) is 26.3 Å². The van der Waals surface area contributed by atoms with Crippen LogP contribution in [0.25, 0.3) is 0 Å². The minimum atomic E-state index is 0.709. The van der Waals surface area contributed by atoms with Crippen LogP contribution < -0.4 is 10.6 Å². The van der Waals surface area contributed by atoms with Crippen LogP contribution in [-0.2, 0) is 20.0 Å². The molecule has 114 valence electrons. The van der Waals surface area contributed by atoms with Crippen molar-refractivity contribution in [1.82, 2.24) is 25.4 Å². The minimum absolute atomic E-state index is 0.709. The Labute approximate surface area is 129 Å². The summed E-state index contributed by atoms with van der Waals surface area (Å²) in [6, 6.07) is 0. The van der Waals surface area contributed by atoms with Crippen molar-refractivity contribution < 1.29 is 0 Å². The minimum Gasteiger partial charge on any atom is -0.356 e. The maximum atomic E-state index is 4.32. The van der Waals surface area contributed by atoms with Crippen LogP contribution in [0.5, 0.6) is 0 Å². The molecule has 2 N–H and O–H groups in total. The molecule has 0 saturated carbocycles. The molecule has 0 amide bonds. The van der Waals surface area contributed by atoms with Gasteiger partial charge in [0, 0.05) is 37.9 Å². The van der Waals surface area contributed by atoms with Gasteiger partial charge in [0.15, 0.2) is 5.96 Å². The number of aryl methyl sites for hydroxylation is 3. The summed E-state index contributed by atoms with van der Waals surface area (Å²) in [4.78, 5) is 9.77. The third-order valence-corrected chi connectivity index (χ3v) is 3.91. The van der Waals surface area contributed by atoms with Gasteiger partial charge >= 0.3 is 0 Å². The fraction of sp³-hybridized carbons (Fsp3) is 0.500. The van der Waals surface area contributed by atoms with Crippen LogP contribution >= 0.6 is 11.3 Å². The first-order chi connectivity index (χ1) is 10.2. The highest BCUT2D eigenvalue weighted by molar-refractivity contribution is 7.11. The molecule has 6 nitrogen and oxygen atoms in total. The molecule has 0 aliphatic rings. The van der Waals surface area contributed by atoms with Gasteiger partial charge in [-0.1, -0.05) is 0 Å². The molecule has 0 unspecified atom stereocenters. The molecule has 2 aromatic rings. The lowest BCUT2D eigenvalue weighted by Gasteiger charge is -2.10. The van der Waals surface area contributed by atoms with Crippen LogP contribution in [0.2, 0.25) is 0 Å². The molecule has 0 atom stereocenters. The highest BCUT2D eigenvalue weighted by Gasteiger charge is 2.02. The summed E-state index contributed by atoms with van der Waals surface area (Å²) in [5.41, 5.74) is 1.26. The molecule has 2 aromatic heterocycles. The topological polar surface area (TPSA) is 67.1 Å². The zero-order valence-electron chi connectivity index (χ0n) is 12.8. The summed E-state index contributed by atoms with van der Waals surface area (Å²) in [6.45, 7) is 3.65. The first-order valence-electron chi connectivity index (χ1n) is 7.00. The van der Waals surface area contributed by atoms with E-state index in [0.717, 1.165) is 30.4 Å². The highest BCUT2D eigenvalue weighted by atomic mass is 32.1. The van der Waals surface area contributed by atoms with Crippen LogP contribution in [-0.4, -0.2) is 34.3 Å². The number of thiazole rings is 1. The van der Waals surface area contributed by atoms with E-state index in [4.69, 9.17) is 0 Å². The zero-order valence-corrected chi connectivity index (χ0v) is 13.6. The predicted molar refractivity (Wildman–Crippen MR) is 86.6 cm³/mol. The van der Waals surface area contributed by atoms with Crippen molar-refractivity contribution in [2.75, 3.05) is 13.6 Å². The van der Waals surface area contributed by atoms with Gasteiger partial charge in [0.25, 0.3) is 0 Å². The number of guanidine groups is 1. The Hall–Kier alpha value is -1.89. The molecule has 0 bridgehead atoms. The fourth-order valence-corrected chi connectivity index (χ4v) is 2.69. The molecule has 0 fully saturated rings. The number of hydrogen-bond donors (Lipinski definition) is 2. The van der Waals surface area contributed by atoms with E-state index in [1.165, 1.54) is 10.4 Å². The van der Waals surface area contributed by atoms with Gasteiger partial charge in [-0.15, -0.1) is 11.3 Å². The summed E-state index contributed by atoms with van der Waals surface area (Å²) in [5.74, 6) is 0.814. The maximum Gasteiger partial charge on any atom is 0.191 e. The van der Waals surface area contributed by atoms with Crippen LogP contribution in [0.4, 0.5) is 0 Å². The lowest BCUT2D eigenvalue weighted by atomic mass is 10.2. The normalized spacial score (nSPS) is 11.7. The molecule has 21 heavy (non-hydrogen) atoms. The molecular formula is C14H22N6S. The van der Waals surface area contributed by atoms with E-state index in [1.54, 1.807) is 18.4 Å². The molecule has 0 spiro atoms. The van der Waals surface area contributed by atoms with E-state index in [9.17, 15) is 0 Å². The van der Waals surface area contributed by atoms with Crippen LogP contribution in [0, 0.1) is 6.92 Å². The SMILES string of the molecule is CN=C(NCCCc1cnn(C)c1)NCc1ncc(C)s1. The van der Waals surface area contributed by atoms with E-state index >= 15 is 0 Å². The molecule has 0 radical (unpaired) electrons. The van der Waals surface area contributed by atoms with Gasteiger partial charge in [-0.2, -0.15) is 5.10 Å². The van der Waals surface area contributed by atoms with Crippen LogP contribution in [0.3, 0.4) is 0 Å². The van der Waals surface area contributed by atoms with Gasteiger partial charge in [0.05, 0.1) is 12.7 Å². The van der Waals surface area contributed by atoms with E-state index in [1.807, 2.05) is 24.1 Å². The highest BCUT2D eigenvalue weighted by Crippen LogP contribution is 2.10. The van der Waals surface area contributed by atoms with Crippen molar-refractivity contribution in [1.29, 1.82) is 0 Å². The van der Waals surface area contributed by atoms with Crippen LogP contribution in [0.1, 0.15) is 21.9 Å². The Balaban J connectivity index is 1.65. The number of nitrogens with zero attached hydrogens (tertiary/aromatic N) is 4. The van der Waals surface area contributed by atoms with E-state index in [0.29, 0.717) is 6.54 Å². The third-order valence-electron chi connectivity index (χ3n) is 2.99. The monoisotopic (exact) mass is 306 g/mol. The van der Waals surface area contributed by atoms with Crippen molar-refractivity contribution in [3.63, 3.8) is 0 Å². The van der Waals surface area contributed by atoms with Crippen molar-refractivity contribution in [3.8, 4) is 0 Å². The molecule has 0 saturated heterocycles. The second kappa shape index (κ2) is 7.78. The van der Waals surface area contributed by atoms with Crippen molar-refractivity contribution in [2.24, 2.45) is 12.0 Å². The quantitative estimate of drug-likeness (QED) is 0.482. The average molecular weight is 306 g/mol. The van der Waals surface area contributed by atoms with E-state index in [2.05, 4.69) is 38.8 Å². The Morgan fingerprint density at radius 2 is 2.24 bits per heavy atom. The fourth-order valence-electron chi connectivity index (χ4n) is 1.96. The molecule has 0 aromatic carbocycles. The van der Waals surface area contributed by atoms with E-state index in [-0.39, 0.29) is 0 Å². The Morgan fingerprint density at radius 3 is 2.86 bits per heavy atom. The molecule has 0 aliphatic carbocycles. The molecule has 7 heteroatoms. The number of aliphatic imine (C=N–C) groups is 1. The van der Waals surface area contributed by atoms with Gasteiger partial charge in [-0.05, 0) is 25.3 Å². The summed E-state index contributed by atoms with van der Waals surface area (Å²) in [5, 5.41) is 11.8. The molecular weight excluding hydrogens is 284 g/mol. The largest absolute Gasteiger partial charge is 0.356 e. The first-order valence-corrected chi connectivity index (χ1v) is 7.82. The zero-order chi connectivity index (χ0) is 15.1. The number of nitrogens with one attached hydrogen (secondary N) is 2. The lowest BCUT2D eigenvalue weighted by Crippen LogP contribution is -2.37. The summed E-state index contributed by atoms with van der Waals surface area (Å²) in [7, 11) is 3.72. The summed E-state index contributed by atoms with van der Waals surface area (Å²) >= 11 is 1.70. The third kappa shape index (κ3) is 5.18. The molecule has 2 rings (SSSR count). The van der Waals surface area contributed by atoms with Crippen molar-refractivity contribution >= 4 is 17.3 Å². The molecule has 0 aliphatic heterocycles. The summed E-state index contributed by atoms with van der Waals surface area (Å²) in [6.07, 6.45) is 7.92. The second-order valence-corrected chi connectivity index (χ2v) is 6.16. The average Bonchev–Trinajstić information content (AvgIpc) is 3.07. The first kappa shape index (κ1) is 15.5. The Morgan fingerprint density at radius 1 is 1.38 bits per heavy atom.